The van der Waals surface area contributed by atoms with Gasteiger partial charge in [0.1, 0.15) is 24.2 Å². The Balaban J connectivity index is 2.00. The van der Waals surface area contributed by atoms with Gasteiger partial charge in [0.15, 0.2) is 11.5 Å². The number of hydrogen-bond acceptors (Lipinski definition) is 11. The highest BCUT2D eigenvalue weighted by molar-refractivity contribution is 8.76. The van der Waals surface area contributed by atoms with Gasteiger partial charge in [0, 0.05) is 5.75 Å². The second kappa shape index (κ2) is 13.5. The van der Waals surface area contributed by atoms with E-state index in [4.69, 9.17) is 19.7 Å². The van der Waals surface area contributed by atoms with Crippen molar-refractivity contribution in [1.82, 2.24) is 24.6 Å². The molecular formula is C19H33N6O5PS2. The molecule has 33 heavy (non-hydrogen) atoms. The summed E-state index contributed by atoms with van der Waals surface area (Å²) in [4.78, 5) is 24.6. The van der Waals surface area contributed by atoms with E-state index in [1.54, 1.807) is 53.3 Å². The first-order chi connectivity index (χ1) is 15.6. The molecule has 0 amide bonds. The average molecular weight is 521 g/mol. The third-order valence-corrected chi connectivity index (χ3v) is 8.07. The lowest BCUT2D eigenvalue weighted by Crippen LogP contribution is -2.36. The van der Waals surface area contributed by atoms with Gasteiger partial charge in [-0.1, -0.05) is 21.6 Å². The summed E-state index contributed by atoms with van der Waals surface area (Å²) >= 11 is 0. The number of esters is 1. The molecule has 2 aromatic heterocycles. The zero-order valence-corrected chi connectivity index (χ0v) is 22.1. The highest BCUT2D eigenvalue weighted by atomic mass is 33.1. The van der Waals surface area contributed by atoms with Gasteiger partial charge in [0.2, 0.25) is 0 Å². The van der Waals surface area contributed by atoms with E-state index in [0.717, 1.165) is 12.2 Å². The van der Waals surface area contributed by atoms with Crippen molar-refractivity contribution in [1.29, 1.82) is 0 Å². The molecule has 2 heterocycles. The molecule has 0 aromatic carbocycles. The first-order valence-corrected chi connectivity index (χ1v) is 15.1. The maximum atomic E-state index is 13.5. The van der Waals surface area contributed by atoms with E-state index >= 15 is 0 Å². The molecule has 0 spiro atoms. The van der Waals surface area contributed by atoms with E-state index in [9.17, 15) is 9.36 Å². The standard InChI is InChI=1S/C19H33N6O5PS2/c1-13(2)30-19(26)15(4)24-31(27,29-7-6-8-33-32-5)12-28-14(3)9-25-11-23-16-17(20)21-10-22-18(16)25/h10-11,13-15H,6-9,12H2,1-5H3,(H,24,27)(H2,20,21,22)/t14-,15+,31?/m1/s1. The van der Waals surface area contributed by atoms with Gasteiger partial charge in [-0.15, -0.1) is 0 Å². The van der Waals surface area contributed by atoms with Gasteiger partial charge in [-0.05, 0) is 40.4 Å². The summed E-state index contributed by atoms with van der Waals surface area (Å²) in [5, 5.41) is 2.81. The highest BCUT2D eigenvalue weighted by Crippen LogP contribution is 2.43. The minimum absolute atomic E-state index is 0.201. The monoisotopic (exact) mass is 520 g/mol. The van der Waals surface area contributed by atoms with Gasteiger partial charge in [-0.3, -0.25) is 9.36 Å². The van der Waals surface area contributed by atoms with Crippen molar-refractivity contribution >= 4 is 52.1 Å². The normalized spacial score (nSPS) is 15.5. The number of aromatic nitrogens is 4. The molecule has 0 aliphatic rings. The molecule has 14 heteroatoms. The Labute approximate surface area is 202 Å². The average Bonchev–Trinajstić information content (AvgIpc) is 3.16. The van der Waals surface area contributed by atoms with E-state index in [1.165, 1.54) is 6.33 Å². The number of nitrogens with two attached hydrogens (primary N) is 1. The lowest BCUT2D eigenvalue weighted by Gasteiger charge is -2.25. The van der Waals surface area contributed by atoms with Gasteiger partial charge < -0.3 is 24.3 Å². The Bertz CT molecular complexity index is 947. The van der Waals surface area contributed by atoms with Crippen molar-refractivity contribution in [3.05, 3.63) is 12.7 Å². The molecule has 2 aromatic rings. The molecule has 0 radical (unpaired) electrons. The van der Waals surface area contributed by atoms with Crippen LogP contribution in [-0.2, 0) is 29.9 Å². The molecule has 1 unspecified atom stereocenters. The number of rotatable bonds is 15. The smallest absolute Gasteiger partial charge is 0.323 e. The minimum Gasteiger partial charge on any atom is -0.462 e. The van der Waals surface area contributed by atoms with E-state index < -0.39 is 19.5 Å². The van der Waals surface area contributed by atoms with Crippen LogP contribution in [0.1, 0.15) is 34.1 Å². The molecule has 0 bridgehead atoms. The fraction of sp³-hybridized carbons (Fsp3) is 0.684. The van der Waals surface area contributed by atoms with Crippen LogP contribution in [0.2, 0.25) is 0 Å². The molecule has 0 aliphatic carbocycles. The zero-order valence-electron chi connectivity index (χ0n) is 19.6. The number of ether oxygens (including phenoxy) is 2. The van der Waals surface area contributed by atoms with Gasteiger partial charge in [0.25, 0.3) is 7.52 Å². The molecule has 0 saturated carbocycles. The van der Waals surface area contributed by atoms with Gasteiger partial charge in [0.05, 0.1) is 31.7 Å². The summed E-state index contributed by atoms with van der Waals surface area (Å²) in [6, 6.07) is -0.810. The summed E-state index contributed by atoms with van der Waals surface area (Å²) in [6.07, 6.45) is 4.88. The maximum absolute atomic E-state index is 13.5. The summed E-state index contributed by atoms with van der Waals surface area (Å²) in [6.45, 7) is 7.63. The summed E-state index contributed by atoms with van der Waals surface area (Å²) in [7, 11) is -0.118. The molecule has 0 fully saturated rings. The predicted molar refractivity (Wildman–Crippen MR) is 133 cm³/mol. The van der Waals surface area contributed by atoms with Crippen LogP contribution in [0, 0.1) is 0 Å². The van der Waals surface area contributed by atoms with Crippen LogP contribution in [0.25, 0.3) is 11.2 Å². The molecule has 2 rings (SSSR count). The molecule has 11 nitrogen and oxygen atoms in total. The van der Waals surface area contributed by atoms with Crippen molar-refractivity contribution in [3.8, 4) is 0 Å². The van der Waals surface area contributed by atoms with Crippen molar-refractivity contribution in [2.75, 3.05) is 30.7 Å². The van der Waals surface area contributed by atoms with Crippen LogP contribution >= 0.6 is 29.1 Å². The second-order valence-corrected chi connectivity index (χ2v) is 12.4. The van der Waals surface area contributed by atoms with Crippen LogP contribution in [0.5, 0.6) is 0 Å². The first-order valence-electron chi connectivity index (χ1n) is 10.6. The van der Waals surface area contributed by atoms with Gasteiger partial charge in [-0.2, -0.15) is 0 Å². The number of anilines is 1. The number of nitrogens with zero attached hydrogens (tertiary/aromatic N) is 4. The second-order valence-electron chi connectivity index (χ2n) is 7.62. The Hall–Kier alpha value is -1.37. The molecule has 3 N–H and O–H groups in total. The quantitative estimate of drug-likeness (QED) is 0.154. The number of fused-ring (bicyclic) bond motifs is 1. The third kappa shape index (κ3) is 9.06. The predicted octanol–water partition coefficient (Wildman–Crippen LogP) is 3.31. The summed E-state index contributed by atoms with van der Waals surface area (Å²) in [5.41, 5.74) is 6.94. The largest absolute Gasteiger partial charge is 0.462 e. The van der Waals surface area contributed by atoms with Crippen molar-refractivity contribution in [2.24, 2.45) is 0 Å². The molecular weight excluding hydrogens is 487 g/mol. The number of imidazole rings is 1. The summed E-state index contributed by atoms with van der Waals surface area (Å²) in [5.74, 6) is 0.667. The van der Waals surface area contributed by atoms with Gasteiger partial charge >= 0.3 is 5.97 Å². The lowest BCUT2D eigenvalue weighted by molar-refractivity contribution is -0.149. The van der Waals surface area contributed by atoms with Crippen LogP contribution in [-0.4, -0.2) is 68.7 Å². The summed E-state index contributed by atoms with van der Waals surface area (Å²) < 4.78 is 32.0. The maximum Gasteiger partial charge on any atom is 0.323 e. The topological polar surface area (TPSA) is 143 Å². The first kappa shape index (κ1) is 27.9. The number of nitrogen functional groups attached to an aromatic ring is 1. The molecule has 0 saturated heterocycles. The minimum atomic E-state index is -3.48. The highest BCUT2D eigenvalue weighted by Gasteiger charge is 2.30. The number of hydrogen-bond donors (Lipinski definition) is 2. The SMILES string of the molecule is CSSCCCOP(=O)(CO[C@H](C)Cn1cnc2c(N)ncnc21)N[C@@H](C)C(=O)OC(C)C. The molecule has 0 aliphatic heterocycles. The Morgan fingerprint density at radius 2 is 2.03 bits per heavy atom. The van der Waals surface area contributed by atoms with E-state index in [1.807, 2.05) is 13.2 Å². The van der Waals surface area contributed by atoms with Crippen LogP contribution in [0.4, 0.5) is 5.82 Å². The lowest BCUT2D eigenvalue weighted by atomic mass is 10.4. The number of carbonyl (C=O) groups is 1. The fourth-order valence-electron chi connectivity index (χ4n) is 2.79. The molecule has 186 valence electrons. The van der Waals surface area contributed by atoms with E-state index in [-0.39, 0.29) is 25.2 Å². The third-order valence-electron chi connectivity index (χ3n) is 4.30. The van der Waals surface area contributed by atoms with Crippen LogP contribution in [0.15, 0.2) is 12.7 Å². The Kier molecular flexibility index (Phi) is 11.4. The molecule has 3 atom stereocenters. The van der Waals surface area contributed by atoms with Crippen molar-refractivity contribution < 1.29 is 23.4 Å². The zero-order chi connectivity index (χ0) is 24.4. The van der Waals surface area contributed by atoms with Crippen molar-refractivity contribution in [3.63, 3.8) is 0 Å². The van der Waals surface area contributed by atoms with Crippen LogP contribution < -0.4 is 10.8 Å². The fourth-order valence-corrected chi connectivity index (χ4v) is 5.84. The van der Waals surface area contributed by atoms with Gasteiger partial charge in [-0.25, -0.2) is 20.0 Å². The number of nitrogens with one attached hydrogen (secondary N) is 1. The Morgan fingerprint density at radius 1 is 1.27 bits per heavy atom. The van der Waals surface area contributed by atoms with Crippen LogP contribution in [0.3, 0.4) is 0 Å². The Morgan fingerprint density at radius 3 is 2.73 bits per heavy atom. The van der Waals surface area contributed by atoms with E-state index in [2.05, 4.69) is 20.0 Å². The van der Waals surface area contributed by atoms with E-state index in [0.29, 0.717) is 23.5 Å². The number of carbonyl (C=O) groups excluding carboxylic acids is 1. The van der Waals surface area contributed by atoms with Crippen molar-refractivity contribution in [2.45, 2.75) is 58.9 Å².